The van der Waals surface area contributed by atoms with Crippen molar-refractivity contribution in [3.63, 3.8) is 0 Å². The lowest BCUT2D eigenvalue weighted by Crippen LogP contribution is -2.03. The molecular formula is C13H19NO2S. The Balaban J connectivity index is 2.77. The molecule has 0 aliphatic heterocycles. The minimum Gasteiger partial charge on any atom is -0.272 e. The van der Waals surface area contributed by atoms with Crippen molar-refractivity contribution in [2.75, 3.05) is 6.26 Å². The van der Waals surface area contributed by atoms with E-state index in [9.17, 15) is 9.00 Å². The van der Waals surface area contributed by atoms with Gasteiger partial charge in [-0.2, -0.15) is 4.36 Å². The van der Waals surface area contributed by atoms with Crippen LogP contribution in [-0.4, -0.2) is 16.4 Å². The smallest absolute Gasteiger partial charge is 0.254 e. The van der Waals surface area contributed by atoms with Crippen LogP contribution in [0, 0.1) is 0 Å². The van der Waals surface area contributed by atoms with Crippen LogP contribution in [0.25, 0.3) is 0 Å². The van der Waals surface area contributed by atoms with Gasteiger partial charge < -0.3 is 0 Å². The second-order valence-electron chi connectivity index (χ2n) is 4.06. The Kier molecular flexibility index (Phi) is 5.35. The lowest BCUT2D eigenvalue weighted by atomic mass is 10.2. The van der Waals surface area contributed by atoms with Gasteiger partial charge in [-0.3, -0.25) is 4.79 Å². The van der Waals surface area contributed by atoms with Gasteiger partial charge in [0.05, 0.1) is 9.73 Å². The van der Waals surface area contributed by atoms with E-state index in [-0.39, 0.29) is 5.91 Å². The highest BCUT2D eigenvalue weighted by molar-refractivity contribution is 7.93. The van der Waals surface area contributed by atoms with Crippen LogP contribution in [0.4, 0.5) is 0 Å². The van der Waals surface area contributed by atoms with Crippen molar-refractivity contribution in [2.24, 2.45) is 4.36 Å². The van der Waals surface area contributed by atoms with Crippen LogP contribution in [0.1, 0.15) is 32.6 Å². The van der Waals surface area contributed by atoms with Gasteiger partial charge in [0.2, 0.25) is 0 Å². The molecule has 0 aromatic heterocycles. The first-order valence-corrected chi connectivity index (χ1v) is 7.78. The zero-order chi connectivity index (χ0) is 12.7. The summed E-state index contributed by atoms with van der Waals surface area (Å²) in [6.07, 6.45) is 4.81. The van der Waals surface area contributed by atoms with Crippen LogP contribution in [0.15, 0.2) is 39.6 Å². The molecule has 4 heteroatoms. The number of amides is 1. The number of hydrogen-bond donors (Lipinski definition) is 0. The molecule has 1 unspecified atom stereocenters. The van der Waals surface area contributed by atoms with E-state index in [4.69, 9.17) is 0 Å². The number of carbonyl (C=O) groups is 1. The normalized spacial score (nSPS) is 14.0. The maximum absolute atomic E-state index is 12.2. The molecule has 0 saturated carbocycles. The Morgan fingerprint density at radius 3 is 2.47 bits per heavy atom. The van der Waals surface area contributed by atoms with Crippen molar-refractivity contribution in [1.82, 2.24) is 0 Å². The number of carbonyl (C=O) groups excluding carboxylic acids is 1. The van der Waals surface area contributed by atoms with E-state index in [0.29, 0.717) is 11.3 Å². The predicted octanol–water partition coefficient (Wildman–Crippen LogP) is 3.25. The number of hydrogen-bond acceptors (Lipinski definition) is 2. The van der Waals surface area contributed by atoms with E-state index < -0.39 is 9.73 Å². The van der Waals surface area contributed by atoms with Crippen molar-refractivity contribution in [3.8, 4) is 0 Å². The number of nitrogens with zero attached hydrogens (tertiary/aromatic N) is 1. The first kappa shape index (κ1) is 13.9. The standard InChI is InChI=1S/C13H19NO2S/c1-3-4-6-11-13(15)14-17(2,16)12-9-7-5-8-10-12/h5,7-10H,3-4,6,11H2,1-2H3. The molecule has 3 nitrogen and oxygen atoms in total. The maximum Gasteiger partial charge on any atom is 0.254 e. The van der Waals surface area contributed by atoms with E-state index in [0.717, 1.165) is 19.3 Å². The summed E-state index contributed by atoms with van der Waals surface area (Å²) in [6.45, 7) is 2.08. The zero-order valence-corrected chi connectivity index (χ0v) is 11.2. The van der Waals surface area contributed by atoms with Crippen LogP contribution >= 0.6 is 0 Å². The highest BCUT2D eigenvalue weighted by Gasteiger charge is 2.08. The molecule has 1 amide bonds. The van der Waals surface area contributed by atoms with Gasteiger partial charge in [-0.1, -0.05) is 38.0 Å². The third-order valence-electron chi connectivity index (χ3n) is 2.45. The molecule has 0 bridgehead atoms. The Morgan fingerprint density at radius 2 is 1.88 bits per heavy atom. The minimum absolute atomic E-state index is 0.255. The monoisotopic (exact) mass is 253 g/mol. The van der Waals surface area contributed by atoms with Crippen molar-refractivity contribution >= 4 is 15.6 Å². The van der Waals surface area contributed by atoms with Crippen LogP contribution in [0.2, 0.25) is 0 Å². The van der Waals surface area contributed by atoms with Gasteiger partial charge in [-0.05, 0) is 18.6 Å². The molecule has 1 aromatic rings. The molecule has 0 radical (unpaired) electrons. The summed E-state index contributed by atoms with van der Waals surface area (Å²) in [5, 5.41) is 0. The molecule has 0 saturated heterocycles. The zero-order valence-electron chi connectivity index (χ0n) is 10.4. The van der Waals surface area contributed by atoms with Crippen LogP contribution in [0.5, 0.6) is 0 Å². The second-order valence-corrected chi connectivity index (χ2v) is 6.32. The summed E-state index contributed by atoms with van der Waals surface area (Å²) in [4.78, 5) is 12.2. The van der Waals surface area contributed by atoms with E-state index in [1.165, 1.54) is 6.26 Å². The van der Waals surface area contributed by atoms with Gasteiger partial charge in [0.25, 0.3) is 5.91 Å². The average Bonchev–Trinajstić information content (AvgIpc) is 2.30. The van der Waals surface area contributed by atoms with Crippen molar-refractivity contribution in [3.05, 3.63) is 30.3 Å². The summed E-state index contributed by atoms with van der Waals surface area (Å²) in [5.41, 5.74) is 0. The summed E-state index contributed by atoms with van der Waals surface area (Å²) < 4.78 is 16.1. The molecule has 0 spiro atoms. The molecular weight excluding hydrogens is 234 g/mol. The predicted molar refractivity (Wildman–Crippen MR) is 70.4 cm³/mol. The van der Waals surface area contributed by atoms with Gasteiger partial charge >= 0.3 is 0 Å². The molecule has 0 aliphatic carbocycles. The minimum atomic E-state index is -2.57. The number of rotatable bonds is 5. The average molecular weight is 253 g/mol. The fraction of sp³-hybridized carbons (Fsp3) is 0.462. The van der Waals surface area contributed by atoms with Gasteiger partial charge in [-0.15, -0.1) is 0 Å². The quantitative estimate of drug-likeness (QED) is 0.756. The Morgan fingerprint density at radius 1 is 1.24 bits per heavy atom. The summed E-state index contributed by atoms with van der Waals surface area (Å²) in [6, 6.07) is 8.93. The van der Waals surface area contributed by atoms with Crippen LogP contribution in [-0.2, 0) is 14.5 Å². The molecule has 1 rings (SSSR count). The van der Waals surface area contributed by atoms with E-state index >= 15 is 0 Å². The van der Waals surface area contributed by atoms with Crippen molar-refractivity contribution in [2.45, 2.75) is 37.5 Å². The van der Waals surface area contributed by atoms with Crippen LogP contribution in [0.3, 0.4) is 0 Å². The summed E-state index contributed by atoms with van der Waals surface area (Å²) in [5.74, 6) is -0.255. The van der Waals surface area contributed by atoms with Crippen molar-refractivity contribution < 1.29 is 9.00 Å². The van der Waals surface area contributed by atoms with Gasteiger partial charge in [-0.25, -0.2) is 4.21 Å². The van der Waals surface area contributed by atoms with E-state index in [2.05, 4.69) is 11.3 Å². The third kappa shape index (κ3) is 4.69. The lowest BCUT2D eigenvalue weighted by Gasteiger charge is -2.03. The lowest BCUT2D eigenvalue weighted by molar-refractivity contribution is -0.117. The number of unbranched alkanes of at least 4 members (excludes halogenated alkanes) is 2. The first-order chi connectivity index (χ1) is 8.06. The van der Waals surface area contributed by atoms with Gasteiger partial charge in [0.1, 0.15) is 0 Å². The molecule has 1 atom stereocenters. The fourth-order valence-corrected chi connectivity index (χ4v) is 2.74. The highest BCUT2D eigenvalue weighted by atomic mass is 32.2. The molecule has 94 valence electrons. The first-order valence-electron chi connectivity index (χ1n) is 5.86. The molecule has 0 heterocycles. The number of benzene rings is 1. The summed E-state index contributed by atoms with van der Waals surface area (Å²) >= 11 is 0. The Bertz CT molecular complexity index is 473. The topological polar surface area (TPSA) is 46.5 Å². The Labute approximate surface area is 103 Å². The molecule has 0 N–H and O–H groups in total. The molecule has 0 fully saturated rings. The highest BCUT2D eigenvalue weighted by Crippen LogP contribution is 2.11. The van der Waals surface area contributed by atoms with Crippen molar-refractivity contribution in [1.29, 1.82) is 0 Å². The van der Waals surface area contributed by atoms with Gasteiger partial charge in [0, 0.05) is 17.6 Å². The molecule has 1 aromatic carbocycles. The maximum atomic E-state index is 12.2. The Hall–Kier alpha value is -1.16. The largest absolute Gasteiger partial charge is 0.272 e. The van der Waals surface area contributed by atoms with Gasteiger partial charge in [0.15, 0.2) is 0 Å². The molecule has 17 heavy (non-hydrogen) atoms. The SMILES string of the molecule is CCCCCC(=O)N=S(C)(=O)c1ccccc1. The molecule has 0 aliphatic rings. The third-order valence-corrected chi connectivity index (χ3v) is 4.15. The van der Waals surface area contributed by atoms with E-state index in [1.807, 2.05) is 6.07 Å². The van der Waals surface area contributed by atoms with E-state index in [1.54, 1.807) is 24.3 Å². The van der Waals surface area contributed by atoms with Crippen LogP contribution < -0.4 is 0 Å². The summed E-state index contributed by atoms with van der Waals surface area (Å²) in [7, 11) is -2.57. The second kappa shape index (κ2) is 6.55. The fourth-order valence-electron chi connectivity index (χ4n) is 1.49.